The molecular weight excluding hydrogens is 502 g/mol. The van der Waals surface area contributed by atoms with E-state index in [-0.39, 0.29) is 11.7 Å². The summed E-state index contributed by atoms with van der Waals surface area (Å²) in [7, 11) is 0. The van der Waals surface area contributed by atoms with Gasteiger partial charge in [-0.2, -0.15) is 0 Å². The summed E-state index contributed by atoms with van der Waals surface area (Å²) in [6.07, 6.45) is 6.75. The van der Waals surface area contributed by atoms with Crippen molar-refractivity contribution >= 4 is 16.7 Å². The average Bonchev–Trinajstić information content (AvgIpc) is 3.40. The van der Waals surface area contributed by atoms with E-state index in [0.29, 0.717) is 25.3 Å². The van der Waals surface area contributed by atoms with E-state index < -0.39 is 4.92 Å². The molecule has 9 heteroatoms. The molecule has 0 radical (unpaired) electrons. The van der Waals surface area contributed by atoms with E-state index in [2.05, 4.69) is 56.6 Å². The molecule has 2 aromatic carbocycles. The number of hydrogen-bond donors (Lipinski definition) is 2. The molecule has 0 saturated heterocycles. The summed E-state index contributed by atoms with van der Waals surface area (Å²) in [5.41, 5.74) is 7.33. The normalized spacial score (nSPS) is 14.9. The van der Waals surface area contributed by atoms with Crippen LogP contribution in [0.2, 0.25) is 0 Å². The number of rotatable bonds is 10. The largest absolute Gasteiger partial charge is 0.341 e. The van der Waals surface area contributed by atoms with Gasteiger partial charge in [-0.05, 0) is 60.2 Å². The Balaban J connectivity index is 1.17. The van der Waals surface area contributed by atoms with E-state index in [0.717, 1.165) is 48.2 Å². The first-order valence-electron chi connectivity index (χ1n) is 13.6. The Bertz CT molecular complexity index is 1580. The van der Waals surface area contributed by atoms with Gasteiger partial charge in [0.15, 0.2) is 0 Å². The van der Waals surface area contributed by atoms with Crippen LogP contribution in [0.4, 0.5) is 5.69 Å². The van der Waals surface area contributed by atoms with Crippen molar-refractivity contribution in [1.29, 1.82) is 0 Å². The maximum absolute atomic E-state index is 11.2. The SMILES string of the molecule is O=[N+]([O-])c1cccnc1CNCc1ccc(CN(Cc2nc3ccccc3[nH]2)C2CCCc3cccnc32)cc1. The van der Waals surface area contributed by atoms with Crippen molar-refractivity contribution in [1.82, 2.24) is 30.2 Å². The zero-order valence-electron chi connectivity index (χ0n) is 22.2. The van der Waals surface area contributed by atoms with Gasteiger partial charge >= 0.3 is 0 Å². The van der Waals surface area contributed by atoms with Crippen LogP contribution in [0, 0.1) is 10.1 Å². The van der Waals surface area contributed by atoms with Gasteiger partial charge in [0.1, 0.15) is 11.5 Å². The van der Waals surface area contributed by atoms with Crippen LogP contribution in [0.15, 0.2) is 85.2 Å². The number of aromatic nitrogens is 4. The molecule has 0 spiro atoms. The standard InChI is InChI=1S/C31H31N7O2/c39-38(40)28-11-5-16-33-27(28)19-32-18-22-12-14-23(15-13-22)20-37(21-30-35-25-8-1-2-9-26(25)36-30)29-10-3-6-24-7-4-17-34-31(24)29/h1-2,4-5,7-9,11-17,29,32H,3,6,10,18-21H2,(H,35,36). The van der Waals surface area contributed by atoms with Gasteiger partial charge in [-0.15, -0.1) is 0 Å². The molecule has 1 aliphatic rings. The fourth-order valence-corrected chi connectivity index (χ4v) is 5.54. The zero-order chi connectivity index (χ0) is 27.3. The Hall–Kier alpha value is -4.47. The Kier molecular flexibility index (Phi) is 7.56. The van der Waals surface area contributed by atoms with E-state index in [1.165, 1.54) is 22.9 Å². The van der Waals surface area contributed by atoms with Gasteiger partial charge in [-0.25, -0.2) is 4.98 Å². The third-order valence-corrected chi connectivity index (χ3v) is 7.49. The van der Waals surface area contributed by atoms with E-state index >= 15 is 0 Å². The lowest BCUT2D eigenvalue weighted by Crippen LogP contribution is -2.31. The van der Waals surface area contributed by atoms with E-state index in [4.69, 9.17) is 9.97 Å². The predicted molar refractivity (Wildman–Crippen MR) is 153 cm³/mol. The molecule has 0 fully saturated rings. The topological polar surface area (TPSA) is 113 Å². The molecule has 3 aromatic heterocycles. The first-order chi connectivity index (χ1) is 19.6. The molecule has 1 unspecified atom stereocenters. The number of para-hydroxylation sites is 2. The number of aromatic amines is 1. The Morgan fingerprint density at radius 2 is 1.73 bits per heavy atom. The third-order valence-electron chi connectivity index (χ3n) is 7.49. The van der Waals surface area contributed by atoms with Crippen LogP contribution >= 0.6 is 0 Å². The molecule has 40 heavy (non-hydrogen) atoms. The second-order valence-corrected chi connectivity index (χ2v) is 10.2. The highest BCUT2D eigenvalue weighted by atomic mass is 16.6. The molecule has 5 aromatic rings. The summed E-state index contributed by atoms with van der Waals surface area (Å²) in [6, 6.07) is 24.2. The van der Waals surface area contributed by atoms with Crippen molar-refractivity contribution in [3.8, 4) is 0 Å². The van der Waals surface area contributed by atoms with Crippen LogP contribution in [-0.4, -0.2) is 29.8 Å². The van der Waals surface area contributed by atoms with Crippen molar-refractivity contribution in [2.75, 3.05) is 0 Å². The van der Waals surface area contributed by atoms with Gasteiger partial charge in [0.05, 0.1) is 34.2 Å². The maximum atomic E-state index is 11.2. The minimum atomic E-state index is -0.393. The van der Waals surface area contributed by atoms with E-state index in [9.17, 15) is 10.1 Å². The molecule has 9 nitrogen and oxygen atoms in total. The molecule has 0 bridgehead atoms. The smallest absolute Gasteiger partial charge is 0.292 e. The number of aryl methyl sites for hydroxylation is 1. The summed E-state index contributed by atoms with van der Waals surface area (Å²) in [5.74, 6) is 0.952. The summed E-state index contributed by atoms with van der Waals surface area (Å²) >= 11 is 0. The molecule has 6 rings (SSSR count). The highest BCUT2D eigenvalue weighted by Gasteiger charge is 2.28. The number of fused-ring (bicyclic) bond motifs is 2. The highest BCUT2D eigenvalue weighted by molar-refractivity contribution is 5.74. The minimum Gasteiger partial charge on any atom is -0.341 e. The Labute approximate surface area is 232 Å². The highest BCUT2D eigenvalue weighted by Crippen LogP contribution is 2.34. The van der Waals surface area contributed by atoms with Crippen LogP contribution in [0.5, 0.6) is 0 Å². The second-order valence-electron chi connectivity index (χ2n) is 10.2. The fraction of sp³-hybridized carbons (Fsp3) is 0.258. The maximum Gasteiger partial charge on any atom is 0.292 e. The average molecular weight is 534 g/mol. The third kappa shape index (κ3) is 5.75. The number of benzene rings is 2. The van der Waals surface area contributed by atoms with Gasteiger partial charge in [0.25, 0.3) is 5.69 Å². The number of nitrogens with one attached hydrogen (secondary N) is 2. The first kappa shape index (κ1) is 25.8. The molecule has 3 heterocycles. The van der Waals surface area contributed by atoms with Gasteiger partial charge in [0.2, 0.25) is 0 Å². The van der Waals surface area contributed by atoms with E-state index in [1.54, 1.807) is 12.3 Å². The fourth-order valence-electron chi connectivity index (χ4n) is 5.54. The lowest BCUT2D eigenvalue weighted by atomic mass is 9.90. The molecule has 1 atom stereocenters. The van der Waals surface area contributed by atoms with Crippen molar-refractivity contribution in [2.24, 2.45) is 0 Å². The van der Waals surface area contributed by atoms with E-state index in [1.807, 2.05) is 30.5 Å². The Morgan fingerprint density at radius 3 is 2.58 bits per heavy atom. The van der Waals surface area contributed by atoms with Gasteiger partial charge in [-0.1, -0.05) is 42.5 Å². The van der Waals surface area contributed by atoms with Crippen molar-refractivity contribution in [3.63, 3.8) is 0 Å². The number of hydrogen-bond acceptors (Lipinski definition) is 7. The van der Waals surface area contributed by atoms with Crippen molar-refractivity contribution in [3.05, 3.63) is 129 Å². The molecule has 2 N–H and O–H groups in total. The van der Waals surface area contributed by atoms with Crippen molar-refractivity contribution < 1.29 is 4.92 Å². The van der Waals surface area contributed by atoms with Gasteiger partial charge in [0, 0.05) is 38.1 Å². The number of nitrogens with zero attached hydrogens (tertiary/aromatic N) is 5. The molecule has 1 aliphatic carbocycles. The van der Waals surface area contributed by atoms with Crippen LogP contribution in [0.25, 0.3) is 11.0 Å². The van der Waals surface area contributed by atoms with Crippen molar-refractivity contribution in [2.45, 2.75) is 51.5 Å². The molecule has 0 saturated carbocycles. The van der Waals surface area contributed by atoms with Gasteiger partial charge < -0.3 is 10.3 Å². The molecule has 202 valence electrons. The quantitative estimate of drug-likeness (QED) is 0.177. The predicted octanol–water partition coefficient (Wildman–Crippen LogP) is 5.63. The number of pyridine rings is 2. The van der Waals surface area contributed by atoms with Gasteiger partial charge in [-0.3, -0.25) is 25.0 Å². The monoisotopic (exact) mass is 533 g/mol. The van der Waals surface area contributed by atoms with Crippen LogP contribution in [0.3, 0.4) is 0 Å². The van der Waals surface area contributed by atoms with Crippen LogP contribution in [0.1, 0.15) is 52.8 Å². The number of imidazole rings is 1. The molecular formula is C31H31N7O2. The lowest BCUT2D eigenvalue weighted by molar-refractivity contribution is -0.386. The molecule has 0 aliphatic heterocycles. The summed E-state index contributed by atoms with van der Waals surface area (Å²) in [4.78, 5) is 30.7. The first-order valence-corrected chi connectivity index (χ1v) is 13.6. The molecule has 0 amide bonds. The number of H-pyrrole nitrogens is 1. The summed E-state index contributed by atoms with van der Waals surface area (Å²) < 4.78 is 0. The second kappa shape index (κ2) is 11.7. The lowest BCUT2D eigenvalue weighted by Gasteiger charge is -2.34. The summed E-state index contributed by atoms with van der Waals surface area (Å²) in [6.45, 7) is 2.39. The minimum absolute atomic E-state index is 0.0358. The van der Waals surface area contributed by atoms with Crippen LogP contribution in [-0.2, 0) is 32.6 Å². The Morgan fingerprint density at radius 1 is 0.925 bits per heavy atom. The zero-order valence-corrected chi connectivity index (χ0v) is 22.2. The van der Waals surface area contributed by atoms with Crippen LogP contribution < -0.4 is 5.32 Å². The number of nitro groups is 1. The summed E-state index contributed by atoms with van der Waals surface area (Å²) in [5, 5.41) is 14.5.